The number of carboxylic acids is 1. The Bertz CT molecular complexity index is 129. The smallest absolute Gasteiger partial charge is 0.322 e. The molecule has 0 aromatic rings. The highest BCUT2D eigenvalue weighted by molar-refractivity contribution is 5.85. The summed E-state index contributed by atoms with van der Waals surface area (Å²) in [6.07, 6.45) is 1.54. The van der Waals surface area contributed by atoms with Gasteiger partial charge in [-0.1, -0.05) is 6.08 Å². The van der Waals surface area contributed by atoms with E-state index in [0.717, 1.165) is 0 Å². The molecule has 0 rings (SSSR count). The van der Waals surface area contributed by atoms with Crippen molar-refractivity contribution in [2.45, 2.75) is 6.04 Å². The van der Waals surface area contributed by atoms with Crippen molar-refractivity contribution >= 4 is 18.4 Å². The van der Waals surface area contributed by atoms with Crippen LogP contribution in [0.1, 0.15) is 0 Å². The highest BCUT2D eigenvalue weighted by Crippen LogP contribution is 1.81. The van der Waals surface area contributed by atoms with E-state index in [1.165, 1.54) is 6.08 Å². The Morgan fingerprint density at radius 2 is 2.36 bits per heavy atom. The number of hydrogen-bond acceptors (Lipinski definition) is 3. The molecule has 0 heterocycles. The van der Waals surface area contributed by atoms with Gasteiger partial charge in [-0.15, -0.1) is 19.0 Å². The highest BCUT2D eigenvalue weighted by atomic mass is 35.5. The Hall–Kier alpha value is -0.580. The molecule has 11 heavy (non-hydrogen) atoms. The number of hydrogen-bond donors (Lipinski definition) is 2. The van der Waals surface area contributed by atoms with Crippen LogP contribution in [0, 0.1) is 0 Å². The molecule has 0 spiro atoms. The number of carboxylic acid groups (broad SMARTS) is 1. The number of aliphatic carboxylic acids is 1. The molecule has 66 valence electrons. The molecule has 4 nitrogen and oxygen atoms in total. The molecular formula is C6H12ClNO3. The van der Waals surface area contributed by atoms with Gasteiger partial charge in [0.05, 0.1) is 13.2 Å². The van der Waals surface area contributed by atoms with Crippen molar-refractivity contribution in [3.8, 4) is 0 Å². The average Bonchev–Trinajstić information content (AvgIpc) is 1.88. The van der Waals surface area contributed by atoms with Gasteiger partial charge in [0, 0.05) is 0 Å². The molecule has 0 saturated carbocycles. The molecular weight excluding hydrogens is 170 g/mol. The molecule has 0 amide bonds. The van der Waals surface area contributed by atoms with Crippen LogP contribution in [0.4, 0.5) is 0 Å². The van der Waals surface area contributed by atoms with E-state index in [9.17, 15) is 4.79 Å². The molecule has 1 unspecified atom stereocenters. The van der Waals surface area contributed by atoms with Crippen LogP contribution in [0.5, 0.6) is 0 Å². The Balaban J connectivity index is 0. The van der Waals surface area contributed by atoms with Crippen LogP contribution in [-0.4, -0.2) is 30.3 Å². The molecule has 5 heteroatoms. The molecule has 1 atom stereocenters. The summed E-state index contributed by atoms with van der Waals surface area (Å²) in [4.78, 5) is 10.1. The van der Waals surface area contributed by atoms with Crippen molar-refractivity contribution in [3.63, 3.8) is 0 Å². The molecule has 0 radical (unpaired) electrons. The minimum absolute atomic E-state index is 0. The quantitative estimate of drug-likeness (QED) is 0.464. The number of carbonyl (C=O) groups is 1. The average molecular weight is 182 g/mol. The first-order chi connectivity index (χ1) is 4.68. The monoisotopic (exact) mass is 181 g/mol. The third-order valence-corrected chi connectivity index (χ3v) is 0.850. The fourth-order valence-electron chi connectivity index (χ4n) is 0.350. The van der Waals surface area contributed by atoms with Gasteiger partial charge < -0.3 is 15.6 Å². The van der Waals surface area contributed by atoms with E-state index in [2.05, 4.69) is 6.58 Å². The van der Waals surface area contributed by atoms with E-state index < -0.39 is 12.0 Å². The lowest BCUT2D eigenvalue weighted by molar-refractivity contribution is -0.139. The second-order valence-corrected chi connectivity index (χ2v) is 1.77. The van der Waals surface area contributed by atoms with E-state index in [4.69, 9.17) is 15.6 Å². The summed E-state index contributed by atoms with van der Waals surface area (Å²) in [6.45, 7) is 3.75. The van der Waals surface area contributed by atoms with Gasteiger partial charge in [0.25, 0.3) is 0 Å². The van der Waals surface area contributed by atoms with Crippen LogP contribution < -0.4 is 5.73 Å². The van der Waals surface area contributed by atoms with Crippen LogP contribution in [0.25, 0.3) is 0 Å². The first kappa shape index (κ1) is 13.0. The molecule has 0 fully saturated rings. The first-order valence-electron chi connectivity index (χ1n) is 2.85. The molecule has 0 aromatic heterocycles. The molecule has 0 aliphatic heterocycles. The van der Waals surface area contributed by atoms with Crippen LogP contribution in [0.2, 0.25) is 0 Å². The third-order valence-electron chi connectivity index (χ3n) is 0.850. The largest absolute Gasteiger partial charge is 0.480 e. The zero-order chi connectivity index (χ0) is 7.98. The van der Waals surface area contributed by atoms with Crippen LogP contribution in [0.3, 0.4) is 0 Å². The first-order valence-corrected chi connectivity index (χ1v) is 2.85. The fourth-order valence-corrected chi connectivity index (χ4v) is 0.350. The zero-order valence-electron chi connectivity index (χ0n) is 6.03. The van der Waals surface area contributed by atoms with E-state index in [0.29, 0.717) is 6.61 Å². The van der Waals surface area contributed by atoms with E-state index in [-0.39, 0.29) is 19.0 Å². The summed E-state index contributed by atoms with van der Waals surface area (Å²) < 4.78 is 4.78. The van der Waals surface area contributed by atoms with E-state index >= 15 is 0 Å². The lowest BCUT2D eigenvalue weighted by Gasteiger charge is -2.04. The summed E-state index contributed by atoms with van der Waals surface area (Å²) in [7, 11) is 0. The molecule has 0 aliphatic rings. The lowest BCUT2D eigenvalue weighted by Crippen LogP contribution is -2.34. The maximum absolute atomic E-state index is 10.1. The summed E-state index contributed by atoms with van der Waals surface area (Å²) in [5, 5.41) is 8.25. The predicted molar refractivity (Wildman–Crippen MR) is 43.9 cm³/mol. The van der Waals surface area contributed by atoms with Gasteiger partial charge in [-0.25, -0.2) is 0 Å². The fraction of sp³-hybridized carbons (Fsp3) is 0.500. The van der Waals surface area contributed by atoms with Gasteiger partial charge in [0.15, 0.2) is 0 Å². The summed E-state index contributed by atoms with van der Waals surface area (Å²) in [5.74, 6) is -1.05. The highest BCUT2D eigenvalue weighted by Gasteiger charge is 2.09. The van der Waals surface area contributed by atoms with Crippen LogP contribution >= 0.6 is 12.4 Å². The van der Waals surface area contributed by atoms with E-state index in [1.54, 1.807) is 0 Å². The van der Waals surface area contributed by atoms with Gasteiger partial charge in [0.2, 0.25) is 0 Å². The lowest BCUT2D eigenvalue weighted by atomic mass is 10.3. The van der Waals surface area contributed by atoms with Gasteiger partial charge in [-0.2, -0.15) is 0 Å². The van der Waals surface area contributed by atoms with Gasteiger partial charge in [-0.05, 0) is 0 Å². The van der Waals surface area contributed by atoms with Crippen LogP contribution in [0.15, 0.2) is 12.7 Å². The predicted octanol–water partition coefficient (Wildman–Crippen LogP) is 0.0227. The van der Waals surface area contributed by atoms with Crippen molar-refractivity contribution in [3.05, 3.63) is 12.7 Å². The Morgan fingerprint density at radius 1 is 1.82 bits per heavy atom. The molecule has 0 saturated heterocycles. The molecule has 0 bridgehead atoms. The van der Waals surface area contributed by atoms with Gasteiger partial charge in [-0.3, -0.25) is 4.79 Å². The van der Waals surface area contributed by atoms with Gasteiger partial charge >= 0.3 is 5.97 Å². The third kappa shape index (κ3) is 7.32. The normalized spacial score (nSPS) is 11.4. The maximum atomic E-state index is 10.1. The minimum Gasteiger partial charge on any atom is -0.480 e. The van der Waals surface area contributed by atoms with Gasteiger partial charge in [0.1, 0.15) is 6.04 Å². The minimum atomic E-state index is -1.05. The van der Waals surface area contributed by atoms with Crippen molar-refractivity contribution in [2.75, 3.05) is 13.2 Å². The number of ether oxygens (including phenoxy) is 1. The molecule has 0 aliphatic carbocycles. The Labute approximate surface area is 71.4 Å². The standard InChI is InChI=1S/C6H11NO3.ClH/c1-2-3-10-4-5(7)6(8)9;/h2,5H,1,3-4,7H2,(H,8,9);1H. The van der Waals surface area contributed by atoms with Crippen molar-refractivity contribution in [1.82, 2.24) is 0 Å². The maximum Gasteiger partial charge on any atom is 0.322 e. The molecule has 3 N–H and O–H groups in total. The second-order valence-electron chi connectivity index (χ2n) is 1.77. The number of nitrogens with two attached hydrogens (primary N) is 1. The summed E-state index contributed by atoms with van der Waals surface area (Å²) >= 11 is 0. The number of halogens is 1. The van der Waals surface area contributed by atoms with Crippen molar-refractivity contribution in [1.29, 1.82) is 0 Å². The number of rotatable bonds is 5. The Kier molecular flexibility index (Phi) is 8.92. The zero-order valence-corrected chi connectivity index (χ0v) is 6.84. The van der Waals surface area contributed by atoms with Crippen molar-refractivity contribution < 1.29 is 14.6 Å². The topological polar surface area (TPSA) is 72.5 Å². The molecule has 0 aromatic carbocycles. The van der Waals surface area contributed by atoms with Crippen molar-refractivity contribution in [2.24, 2.45) is 5.73 Å². The van der Waals surface area contributed by atoms with Crippen LogP contribution in [-0.2, 0) is 9.53 Å². The summed E-state index contributed by atoms with van der Waals surface area (Å²) in [5.41, 5.74) is 5.10. The summed E-state index contributed by atoms with van der Waals surface area (Å²) in [6, 6.07) is -0.931. The Morgan fingerprint density at radius 3 is 2.73 bits per heavy atom. The second kappa shape index (κ2) is 7.53. The van der Waals surface area contributed by atoms with E-state index in [1.807, 2.05) is 0 Å². The SMILES string of the molecule is C=CCOCC(N)C(=O)O.Cl.